The molecule has 1 heterocycles. The van der Waals surface area contributed by atoms with Gasteiger partial charge in [0.25, 0.3) is 0 Å². The van der Waals surface area contributed by atoms with Gasteiger partial charge in [-0.05, 0) is 17.5 Å². The summed E-state index contributed by atoms with van der Waals surface area (Å²) in [4.78, 5) is 16.4. The molecule has 0 aliphatic carbocycles. The zero-order valence-electron chi connectivity index (χ0n) is 13.1. The van der Waals surface area contributed by atoms with Crippen LogP contribution < -0.4 is 5.32 Å². The molecule has 1 aromatic heterocycles. The summed E-state index contributed by atoms with van der Waals surface area (Å²) in [7, 11) is 0. The molecule has 0 aliphatic heterocycles. The zero-order chi connectivity index (χ0) is 16.2. The molecule has 0 saturated heterocycles. The monoisotopic (exact) mass is 336 g/mol. The molecule has 0 bridgehead atoms. The van der Waals surface area contributed by atoms with Crippen LogP contribution in [0.3, 0.4) is 0 Å². The van der Waals surface area contributed by atoms with Gasteiger partial charge in [-0.1, -0.05) is 44.5 Å². The molecule has 118 valence electrons. The van der Waals surface area contributed by atoms with Crippen molar-refractivity contribution in [3.05, 3.63) is 40.4 Å². The molecule has 0 atom stereocenters. The molecule has 1 amide bonds. The maximum absolute atomic E-state index is 11.8. The number of benzene rings is 1. The number of hydrogen-bond donors (Lipinski definition) is 1. The molecule has 0 aliphatic rings. The molecule has 1 aromatic carbocycles. The highest BCUT2D eigenvalue weighted by Crippen LogP contribution is 2.25. The van der Waals surface area contributed by atoms with Gasteiger partial charge in [0.2, 0.25) is 5.91 Å². The first kappa shape index (κ1) is 17.0. The molecule has 2 aromatic rings. The number of amides is 1. The largest absolute Gasteiger partial charge is 0.356 e. The van der Waals surface area contributed by atoms with Crippen molar-refractivity contribution in [2.45, 2.75) is 33.6 Å². The van der Waals surface area contributed by atoms with Gasteiger partial charge in [0.05, 0.1) is 5.69 Å². The summed E-state index contributed by atoms with van der Waals surface area (Å²) in [5, 5.41) is 6.70. The number of carbonyl (C=O) groups excluding carboxylic acids is 1. The number of carbonyl (C=O) groups is 1. The Morgan fingerprint density at radius 2 is 1.95 bits per heavy atom. The third-order valence-corrected chi connectivity index (χ3v) is 4.23. The van der Waals surface area contributed by atoms with E-state index in [0.717, 1.165) is 27.7 Å². The molecule has 2 rings (SSSR count). The molecule has 0 radical (unpaired) electrons. The summed E-state index contributed by atoms with van der Waals surface area (Å²) < 4.78 is 0. The topological polar surface area (TPSA) is 42.0 Å². The summed E-state index contributed by atoms with van der Waals surface area (Å²) in [6.07, 6.45) is 1.29. The van der Waals surface area contributed by atoms with Gasteiger partial charge in [0, 0.05) is 35.4 Å². The minimum absolute atomic E-state index is 0.0203. The third kappa shape index (κ3) is 5.43. The van der Waals surface area contributed by atoms with Crippen LogP contribution in [0.1, 0.15) is 32.9 Å². The fourth-order valence-corrected chi connectivity index (χ4v) is 3.01. The average molecular weight is 337 g/mol. The molecule has 1 N–H and O–H groups in total. The van der Waals surface area contributed by atoms with E-state index in [-0.39, 0.29) is 11.3 Å². The van der Waals surface area contributed by atoms with Crippen LogP contribution in [0.5, 0.6) is 0 Å². The predicted octanol–water partition coefficient (Wildman–Crippen LogP) is 4.56. The van der Waals surface area contributed by atoms with E-state index in [1.807, 2.05) is 29.6 Å². The van der Waals surface area contributed by atoms with Crippen molar-refractivity contribution < 1.29 is 4.79 Å². The number of nitrogens with zero attached hydrogens (tertiary/aromatic N) is 1. The van der Waals surface area contributed by atoms with E-state index < -0.39 is 0 Å². The van der Waals surface area contributed by atoms with Crippen LogP contribution in [-0.2, 0) is 11.2 Å². The van der Waals surface area contributed by atoms with Crippen molar-refractivity contribution >= 4 is 28.8 Å². The Morgan fingerprint density at radius 3 is 2.59 bits per heavy atom. The second-order valence-corrected chi connectivity index (χ2v) is 7.78. The normalized spacial score (nSPS) is 11.5. The van der Waals surface area contributed by atoms with Crippen LogP contribution in [0, 0.1) is 5.41 Å². The highest BCUT2D eigenvalue weighted by Gasteiger charge is 2.15. The molecule has 22 heavy (non-hydrogen) atoms. The van der Waals surface area contributed by atoms with Crippen LogP contribution in [0.25, 0.3) is 10.6 Å². The quantitative estimate of drug-likeness (QED) is 0.869. The molecule has 0 spiro atoms. The number of nitrogens with one attached hydrogen (secondary N) is 1. The first-order valence-electron chi connectivity index (χ1n) is 7.30. The van der Waals surface area contributed by atoms with Gasteiger partial charge in [-0.15, -0.1) is 11.3 Å². The lowest BCUT2D eigenvalue weighted by molar-refractivity contribution is -0.122. The molecule has 3 nitrogen and oxygen atoms in total. The lowest BCUT2D eigenvalue weighted by atomic mass is 9.92. The Balaban J connectivity index is 1.85. The van der Waals surface area contributed by atoms with Crippen molar-refractivity contribution in [3.63, 3.8) is 0 Å². The lowest BCUT2D eigenvalue weighted by Crippen LogP contribution is -2.29. The minimum atomic E-state index is 0.0203. The predicted molar refractivity (Wildman–Crippen MR) is 93.3 cm³/mol. The van der Waals surface area contributed by atoms with Crippen LogP contribution in [-0.4, -0.2) is 17.4 Å². The summed E-state index contributed by atoms with van der Waals surface area (Å²) in [5.74, 6) is 0.0978. The Labute approximate surface area is 140 Å². The van der Waals surface area contributed by atoms with Crippen LogP contribution in [0.4, 0.5) is 0 Å². The van der Waals surface area contributed by atoms with Crippen LogP contribution in [0.2, 0.25) is 5.02 Å². The summed E-state index contributed by atoms with van der Waals surface area (Å²) in [6, 6.07) is 7.67. The van der Waals surface area contributed by atoms with E-state index in [4.69, 9.17) is 11.6 Å². The number of halogens is 1. The van der Waals surface area contributed by atoms with E-state index in [0.29, 0.717) is 13.0 Å². The van der Waals surface area contributed by atoms with E-state index in [1.54, 1.807) is 11.3 Å². The Morgan fingerprint density at radius 1 is 1.27 bits per heavy atom. The van der Waals surface area contributed by atoms with Gasteiger partial charge in [-0.25, -0.2) is 4.98 Å². The number of rotatable bonds is 5. The molecular weight excluding hydrogens is 316 g/mol. The van der Waals surface area contributed by atoms with Gasteiger partial charge < -0.3 is 5.32 Å². The van der Waals surface area contributed by atoms with Crippen LogP contribution in [0.15, 0.2) is 29.6 Å². The molecule has 0 saturated carbocycles. The second-order valence-electron chi connectivity index (χ2n) is 6.49. The van der Waals surface area contributed by atoms with E-state index in [2.05, 4.69) is 31.1 Å². The summed E-state index contributed by atoms with van der Waals surface area (Å²) in [5.41, 5.74) is 2.09. The lowest BCUT2D eigenvalue weighted by Gasteiger charge is -2.17. The van der Waals surface area contributed by atoms with E-state index >= 15 is 0 Å². The maximum atomic E-state index is 11.8. The van der Waals surface area contributed by atoms with Crippen molar-refractivity contribution in [2.24, 2.45) is 5.41 Å². The Kier molecular flexibility index (Phi) is 5.59. The smallest absolute Gasteiger partial charge is 0.220 e. The molecular formula is C17H21ClN2OS. The second kappa shape index (κ2) is 7.25. The third-order valence-electron chi connectivity index (χ3n) is 3.04. The SMILES string of the molecule is CC(C)(C)CC(=O)NCCc1csc(-c2ccc(Cl)cc2)n1. The highest BCUT2D eigenvalue weighted by atomic mass is 35.5. The van der Waals surface area contributed by atoms with Crippen molar-refractivity contribution in [1.82, 2.24) is 10.3 Å². The average Bonchev–Trinajstić information content (AvgIpc) is 2.86. The number of aromatic nitrogens is 1. The van der Waals surface area contributed by atoms with Crippen molar-refractivity contribution in [3.8, 4) is 10.6 Å². The standard InChI is InChI=1S/C17H21ClN2OS/c1-17(2,3)10-15(21)19-9-8-14-11-22-16(20-14)12-4-6-13(18)7-5-12/h4-7,11H,8-10H2,1-3H3,(H,19,21). The Bertz CT molecular complexity index is 629. The number of thiazole rings is 1. The van der Waals surface area contributed by atoms with E-state index in [1.165, 1.54) is 0 Å². The zero-order valence-corrected chi connectivity index (χ0v) is 14.7. The highest BCUT2D eigenvalue weighted by molar-refractivity contribution is 7.13. The summed E-state index contributed by atoms with van der Waals surface area (Å²) >= 11 is 7.50. The first-order valence-corrected chi connectivity index (χ1v) is 8.56. The maximum Gasteiger partial charge on any atom is 0.220 e. The fraction of sp³-hybridized carbons (Fsp3) is 0.412. The molecule has 0 fully saturated rings. The van der Waals surface area contributed by atoms with Crippen LogP contribution >= 0.6 is 22.9 Å². The fourth-order valence-electron chi connectivity index (χ4n) is 2.02. The van der Waals surface area contributed by atoms with Gasteiger partial charge >= 0.3 is 0 Å². The molecule has 5 heteroatoms. The van der Waals surface area contributed by atoms with Gasteiger partial charge in [-0.2, -0.15) is 0 Å². The minimum Gasteiger partial charge on any atom is -0.356 e. The van der Waals surface area contributed by atoms with Gasteiger partial charge in [0.1, 0.15) is 5.01 Å². The van der Waals surface area contributed by atoms with Crippen molar-refractivity contribution in [2.75, 3.05) is 6.54 Å². The summed E-state index contributed by atoms with van der Waals surface area (Å²) in [6.45, 7) is 6.81. The first-order chi connectivity index (χ1) is 10.3. The van der Waals surface area contributed by atoms with Crippen molar-refractivity contribution in [1.29, 1.82) is 0 Å². The number of hydrogen-bond acceptors (Lipinski definition) is 3. The molecule has 0 unspecified atom stereocenters. The van der Waals surface area contributed by atoms with E-state index in [9.17, 15) is 4.79 Å². The Hall–Kier alpha value is -1.39. The van der Waals surface area contributed by atoms with Gasteiger partial charge in [0.15, 0.2) is 0 Å². The van der Waals surface area contributed by atoms with Gasteiger partial charge in [-0.3, -0.25) is 4.79 Å².